The molecule has 1 aliphatic heterocycles. The van der Waals surface area contributed by atoms with Crippen LogP contribution in [0.15, 0.2) is 12.1 Å². The molecule has 0 radical (unpaired) electrons. The van der Waals surface area contributed by atoms with Gasteiger partial charge in [-0.25, -0.2) is 0 Å². The van der Waals surface area contributed by atoms with Gasteiger partial charge in [0.05, 0.1) is 0 Å². The summed E-state index contributed by atoms with van der Waals surface area (Å²) in [7, 11) is 0. The van der Waals surface area contributed by atoms with E-state index < -0.39 is 0 Å². The summed E-state index contributed by atoms with van der Waals surface area (Å²) in [5.74, 6) is 0. The Hall–Kier alpha value is -0.930. The predicted octanol–water partition coefficient (Wildman–Crippen LogP) is 2.27. The average molecular weight is 247 g/mol. The Morgan fingerprint density at radius 1 is 1.28 bits per heavy atom. The van der Waals surface area contributed by atoms with E-state index in [4.69, 9.17) is 0 Å². The minimum Gasteiger partial charge on any atom is -0.309 e. The van der Waals surface area contributed by atoms with Gasteiger partial charge in [-0.05, 0) is 58.3 Å². The summed E-state index contributed by atoms with van der Waals surface area (Å²) in [5, 5.41) is 3.60. The summed E-state index contributed by atoms with van der Waals surface area (Å²) in [6, 6.07) is 4.83. The van der Waals surface area contributed by atoms with Crippen molar-refractivity contribution in [2.75, 3.05) is 19.6 Å². The highest BCUT2D eigenvalue weighted by Crippen LogP contribution is 2.09. The summed E-state index contributed by atoms with van der Waals surface area (Å²) < 4.78 is 0. The monoisotopic (exact) mass is 247 g/mol. The van der Waals surface area contributed by atoms with Crippen molar-refractivity contribution in [3.63, 3.8) is 0 Å². The third-order valence-corrected chi connectivity index (χ3v) is 3.71. The number of likely N-dealkylation sites (tertiary alicyclic amines) is 1. The average Bonchev–Trinajstić information content (AvgIpc) is 2.80. The molecule has 18 heavy (non-hydrogen) atoms. The van der Waals surface area contributed by atoms with Crippen LogP contribution in [0.4, 0.5) is 0 Å². The summed E-state index contributed by atoms with van der Waals surface area (Å²) in [4.78, 5) is 7.06. The normalized spacial score (nSPS) is 18.2. The third-order valence-electron chi connectivity index (χ3n) is 3.71. The van der Waals surface area contributed by atoms with Crippen LogP contribution in [0.3, 0.4) is 0 Å². The lowest BCUT2D eigenvalue weighted by molar-refractivity contribution is 0.298. The van der Waals surface area contributed by atoms with Crippen LogP contribution in [0.5, 0.6) is 0 Å². The smallest absolute Gasteiger partial charge is 0.0420 e. The maximum atomic E-state index is 4.50. The molecule has 1 unspecified atom stereocenters. The zero-order valence-corrected chi connectivity index (χ0v) is 11.9. The lowest BCUT2D eigenvalue weighted by Gasteiger charge is -2.21. The highest BCUT2D eigenvalue weighted by atomic mass is 15.2. The Balaban J connectivity index is 1.79. The number of hydrogen-bond donors (Lipinski definition) is 1. The number of rotatable bonds is 5. The van der Waals surface area contributed by atoms with Crippen molar-refractivity contribution in [1.82, 2.24) is 15.2 Å². The predicted molar refractivity (Wildman–Crippen MR) is 75.7 cm³/mol. The Kier molecular flexibility index (Phi) is 4.72. The molecule has 1 saturated heterocycles. The number of aryl methyl sites for hydroxylation is 2. The second kappa shape index (κ2) is 6.30. The van der Waals surface area contributed by atoms with Gasteiger partial charge in [-0.15, -0.1) is 0 Å². The molecule has 0 aromatic carbocycles. The highest BCUT2D eigenvalue weighted by molar-refractivity contribution is 5.21. The van der Waals surface area contributed by atoms with Crippen molar-refractivity contribution in [2.45, 2.75) is 46.2 Å². The first-order valence-corrected chi connectivity index (χ1v) is 7.04. The van der Waals surface area contributed by atoms with Gasteiger partial charge < -0.3 is 10.2 Å². The van der Waals surface area contributed by atoms with Crippen molar-refractivity contribution in [1.29, 1.82) is 0 Å². The van der Waals surface area contributed by atoms with Crippen molar-refractivity contribution in [2.24, 2.45) is 0 Å². The maximum Gasteiger partial charge on any atom is 0.0420 e. The molecule has 1 N–H and O–H groups in total. The third kappa shape index (κ3) is 3.79. The first-order valence-electron chi connectivity index (χ1n) is 7.04. The lowest BCUT2D eigenvalue weighted by Crippen LogP contribution is -2.37. The molecule has 0 aliphatic carbocycles. The Morgan fingerprint density at radius 3 is 2.67 bits per heavy atom. The molecule has 1 aliphatic rings. The second-order valence-electron chi connectivity index (χ2n) is 5.49. The van der Waals surface area contributed by atoms with Crippen LogP contribution in [0.25, 0.3) is 0 Å². The molecule has 100 valence electrons. The molecule has 1 aromatic rings. The Bertz CT molecular complexity index is 383. The lowest BCUT2D eigenvalue weighted by atomic mass is 10.1. The van der Waals surface area contributed by atoms with E-state index in [9.17, 15) is 0 Å². The van der Waals surface area contributed by atoms with E-state index in [0.717, 1.165) is 17.9 Å². The number of pyridine rings is 1. The fourth-order valence-corrected chi connectivity index (χ4v) is 2.60. The van der Waals surface area contributed by atoms with Gasteiger partial charge in [-0.3, -0.25) is 4.98 Å². The minimum absolute atomic E-state index is 0.545. The molecule has 0 spiro atoms. The fourth-order valence-electron chi connectivity index (χ4n) is 2.60. The highest BCUT2D eigenvalue weighted by Gasteiger charge is 2.14. The van der Waals surface area contributed by atoms with Gasteiger partial charge in [0, 0.05) is 30.5 Å². The molecule has 2 heterocycles. The maximum absolute atomic E-state index is 4.50. The molecular formula is C15H25N3. The molecule has 2 rings (SSSR count). The minimum atomic E-state index is 0.545. The van der Waals surface area contributed by atoms with Gasteiger partial charge in [0.2, 0.25) is 0 Å². The number of nitrogens with one attached hydrogen (secondary N) is 1. The van der Waals surface area contributed by atoms with Crippen LogP contribution < -0.4 is 5.32 Å². The summed E-state index contributed by atoms with van der Waals surface area (Å²) in [5.41, 5.74) is 3.56. The molecular weight excluding hydrogens is 222 g/mol. The van der Waals surface area contributed by atoms with Gasteiger partial charge in [-0.1, -0.05) is 6.07 Å². The molecule has 3 heteroatoms. The summed E-state index contributed by atoms with van der Waals surface area (Å²) >= 11 is 0. The Morgan fingerprint density at radius 2 is 2.00 bits per heavy atom. The van der Waals surface area contributed by atoms with Gasteiger partial charge in [0.15, 0.2) is 0 Å². The van der Waals surface area contributed by atoms with Crippen LogP contribution in [0, 0.1) is 13.8 Å². The molecule has 3 nitrogen and oxygen atoms in total. The van der Waals surface area contributed by atoms with E-state index in [1.54, 1.807) is 0 Å². The quantitative estimate of drug-likeness (QED) is 0.865. The van der Waals surface area contributed by atoms with Crippen molar-refractivity contribution >= 4 is 0 Å². The van der Waals surface area contributed by atoms with E-state index >= 15 is 0 Å². The van der Waals surface area contributed by atoms with E-state index in [2.05, 4.69) is 41.2 Å². The Labute approximate surface area is 111 Å². The first-order chi connectivity index (χ1) is 8.65. The summed E-state index contributed by atoms with van der Waals surface area (Å²) in [6.07, 6.45) is 2.74. The largest absolute Gasteiger partial charge is 0.309 e. The van der Waals surface area contributed by atoms with Crippen molar-refractivity contribution < 1.29 is 0 Å². The number of aromatic nitrogens is 1. The molecule has 0 bridgehead atoms. The second-order valence-corrected chi connectivity index (χ2v) is 5.49. The zero-order chi connectivity index (χ0) is 13.0. The topological polar surface area (TPSA) is 28.2 Å². The standard InChI is InChI=1S/C15H25N3/c1-12-6-7-15(14(3)17-12)10-16-13(2)11-18-8-4-5-9-18/h6-7,13,16H,4-5,8-11H2,1-3H3. The van der Waals surface area contributed by atoms with E-state index in [1.807, 2.05) is 6.92 Å². The van der Waals surface area contributed by atoms with E-state index in [-0.39, 0.29) is 0 Å². The van der Waals surface area contributed by atoms with Crippen LogP contribution in [-0.4, -0.2) is 35.6 Å². The molecule has 1 atom stereocenters. The first kappa shape index (κ1) is 13.5. The summed E-state index contributed by atoms with van der Waals surface area (Å²) in [6.45, 7) is 11.0. The van der Waals surface area contributed by atoms with E-state index in [0.29, 0.717) is 6.04 Å². The molecule has 0 saturated carbocycles. The number of hydrogen-bond acceptors (Lipinski definition) is 3. The number of nitrogens with zero attached hydrogens (tertiary/aromatic N) is 2. The zero-order valence-electron chi connectivity index (χ0n) is 11.9. The van der Waals surface area contributed by atoms with Gasteiger partial charge in [0.25, 0.3) is 0 Å². The van der Waals surface area contributed by atoms with E-state index in [1.165, 1.54) is 38.0 Å². The SMILES string of the molecule is Cc1ccc(CNC(C)CN2CCCC2)c(C)n1. The fraction of sp³-hybridized carbons (Fsp3) is 0.667. The van der Waals surface area contributed by atoms with Gasteiger partial charge >= 0.3 is 0 Å². The van der Waals surface area contributed by atoms with Crippen LogP contribution in [0.2, 0.25) is 0 Å². The van der Waals surface area contributed by atoms with Crippen LogP contribution in [0.1, 0.15) is 36.7 Å². The van der Waals surface area contributed by atoms with Gasteiger partial charge in [-0.2, -0.15) is 0 Å². The molecule has 1 aromatic heterocycles. The van der Waals surface area contributed by atoms with Crippen LogP contribution in [-0.2, 0) is 6.54 Å². The molecule has 0 amide bonds. The van der Waals surface area contributed by atoms with Crippen LogP contribution >= 0.6 is 0 Å². The van der Waals surface area contributed by atoms with Gasteiger partial charge in [0.1, 0.15) is 0 Å². The molecule has 1 fully saturated rings. The van der Waals surface area contributed by atoms with Crippen molar-refractivity contribution in [3.8, 4) is 0 Å². The van der Waals surface area contributed by atoms with Crippen molar-refractivity contribution in [3.05, 3.63) is 29.1 Å².